The minimum Gasteiger partial charge on any atom is -0.472 e. The van der Waals surface area contributed by atoms with E-state index in [4.69, 9.17) is 15.2 Å². The van der Waals surface area contributed by atoms with Gasteiger partial charge in [0.05, 0.1) is 12.8 Å². The predicted octanol–water partition coefficient (Wildman–Crippen LogP) is 1.48. The van der Waals surface area contributed by atoms with Crippen LogP contribution in [0.1, 0.15) is 19.4 Å². The Kier molecular flexibility index (Phi) is 5.14. The lowest BCUT2D eigenvalue weighted by atomic mass is 10.2. The zero-order valence-corrected chi connectivity index (χ0v) is 9.57. The van der Waals surface area contributed by atoms with E-state index >= 15 is 0 Å². The summed E-state index contributed by atoms with van der Waals surface area (Å²) in [6.07, 6.45) is 0.977. The van der Waals surface area contributed by atoms with Crippen molar-refractivity contribution in [2.75, 3.05) is 13.2 Å². The highest BCUT2D eigenvalue weighted by Crippen LogP contribution is 2.16. The van der Waals surface area contributed by atoms with Crippen molar-refractivity contribution in [3.63, 3.8) is 0 Å². The lowest BCUT2D eigenvalue weighted by molar-refractivity contribution is 0.0627. The van der Waals surface area contributed by atoms with Gasteiger partial charge in [-0.3, -0.25) is 0 Å². The van der Waals surface area contributed by atoms with Crippen LogP contribution in [-0.4, -0.2) is 24.3 Å². The molecule has 1 aromatic rings. The van der Waals surface area contributed by atoms with Gasteiger partial charge in [-0.25, -0.2) is 9.37 Å². The van der Waals surface area contributed by atoms with Gasteiger partial charge >= 0.3 is 0 Å². The molecule has 0 aliphatic rings. The van der Waals surface area contributed by atoms with Gasteiger partial charge in [-0.15, -0.1) is 0 Å². The smallest absolute Gasteiger partial charge is 0.218 e. The van der Waals surface area contributed by atoms with Crippen LogP contribution in [0.5, 0.6) is 5.88 Å². The molecule has 4 nitrogen and oxygen atoms in total. The fraction of sp³-hybridized carbons (Fsp3) is 0.545. The number of hydrogen-bond donors (Lipinski definition) is 1. The molecule has 2 N–H and O–H groups in total. The number of hydrogen-bond acceptors (Lipinski definition) is 4. The first-order valence-corrected chi connectivity index (χ1v) is 5.26. The first kappa shape index (κ1) is 12.9. The molecule has 0 radical (unpaired) electrons. The molecule has 0 spiro atoms. The topological polar surface area (TPSA) is 57.4 Å². The summed E-state index contributed by atoms with van der Waals surface area (Å²) < 4.78 is 23.6. The third-order valence-corrected chi connectivity index (χ3v) is 1.98. The molecule has 0 fully saturated rings. The molecule has 0 aromatic carbocycles. The zero-order chi connectivity index (χ0) is 12.0. The number of ether oxygens (including phenoxy) is 2. The molecule has 1 atom stereocenters. The van der Waals surface area contributed by atoms with E-state index in [1.54, 1.807) is 0 Å². The maximum Gasteiger partial charge on any atom is 0.218 e. The Bertz CT molecular complexity index is 334. The van der Waals surface area contributed by atoms with Gasteiger partial charge in [-0.2, -0.15) is 0 Å². The molecule has 0 aliphatic heterocycles. The van der Waals surface area contributed by atoms with Gasteiger partial charge in [0.2, 0.25) is 5.88 Å². The van der Waals surface area contributed by atoms with Crippen LogP contribution in [0.15, 0.2) is 12.3 Å². The molecule has 0 saturated carbocycles. The maximum atomic E-state index is 12.9. The fourth-order valence-corrected chi connectivity index (χ4v) is 1.23. The highest BCUT2D eigenvalue weighted by atomic mass is 19.1. The number of pyridine rings is 1. The molecule has 0 amide bonds. The van der Waals surface area contributed by atoms with Crippen LogP contribution in [0.25, 0.3) is 0 Å². The lowest BCUT2D eigenvalue weighted by Gasteiger charge is -2.15. The van der Waals surface area contributed by atoms with Gasteiger partial charge in [0.1, 0.15) is 11.9 Å². The Hall–Kier alpha value is -1.20. The van der Waals surface area contributed by atoms with Gasteiger partial charge in [-0.1, -0.05) is 0 Å². The Morgan fingerprint density at radius 2 is 2.31 bits per heavy atom. The normalized spacial score (nSPS) is 12.5. The third-order valence-electron chi connectivity index (χ3n) is 1.98. The molecule has 90 valence electrons. The molecule has 0 aliphatic carbocycles. The van der Waals surface area contributed by atoms with Gasteiger partial charge in [-0.05, 0) is 19.9 Å². The number of rotatable bonds is 6. The van der Waals surface area contributed by atoms with Crippen molar-refractivity contribution in [1.82, 2.24) is 4.98 Å². The average Bonchev–Trinajstić information content (AvgIpc) is 2.28. The minimum absolute atomic E-state index is 0.136. The van der Waals surface area contributed by atoms with Gasteiger partial charge in [0, 0.05) is 18.7 Å². The van der Waals surface area contributed by atoms with E-state index in [-0.39, 0.29) is 12.6 Å². The Labute approximate surface area is 94.6 Å². The first-order chi connectivity index (χ1) is 7.67. The van der Waals surface area contributed by atoms with Crippen molar-refractivity contribution in [2.24, 2.45) is 5.73 Å². The molecule has 1 unspecified atom stereocenters. The van der Waals surface area contributed by atoms with Crippen molar-refractivity contribution >= 4 is 0 Å². The van der Waals surface area contributed by atoms with E-state index in [0.29, 0.717) is 24.7 Å². The van der Waals surface area contributed by atoms with Crippen LogP contribution < -0.4 is 10.5 Å². The summed E-state index contributed by atoms with van der Waals surface area (Å²) in [5.74, 6) is -0.0404. The van der Waals surface area contributed by atoms with E-state index in [0.717, 1.165) is 6.20 Å². The number of nitrogens with two attached hydrogens (primary N) is 1. The van der Waals surface area contributed by atoms with Crippen molar-refractivity contribution in [3.05, 3.63) is 23.6 Å². The predicted molar refractivity (Wildman–Crippen MR) is 58.7 cm³/mol. The summed E-state index contributed by atoms with van der Waals surface area (Å²) >= 11 is 0. The molecular formula is C11H17FN2O2. The number of halogens is 1. The lowest BCUT2D eigenvalue weighted by Crippen LogP contribution is -2.20. The number of nitrogens with zero attached hydrogens (tertiary/aromatic N) is 1. The standard InChI is InChI=1S/C11H17FN2O2/c1-3-15-7-8(2)16-11-9(5-13)4-10(12)6-14-11/h4,6,8H,3,5,7,13H2,1-2H3. The number of aromatic nitrogens is 1. The summed E-state index contributed by atoms with van der Waals surface area (Å²) in [6.45, 7) is 5.07. The maximum absolute atomic E-state index is 12.9. The molecule has 0 bridgehead atoms. The summed E-state index contributed by atoms with van der Waals surface area (Å²) in [5, 5.41) is 0. The van der Waals surface area contributed by atoms with Gasteiger partial charge in [0.15, 0.2) is 0 Å². The Morgan fingerprint density at radius 3 is 2.94 bits per heavy atom. The average molecular weight is 228 g/mol. The van der Waals surface area contributed by atoms with Crippen LogP contribution in [-0.2, 0) is 11.3 Å². The monoisotopic (exact) mass is 228 g/mol. The largest absolute Gasteiger partial charge is 0.472 e. The second kappa shape index (κ2) is 6.40. The summed E-state index contributed by atoms with van der Waals surface area (Å²) in [5.41, 5.74) is 6.04. The third kappa shape index (κ3) is 3.75. The van der Waals surface area contributed by atoms with E-state index in [1.807, 2.05) is 13.8 Å². The van der Waals surface area contributed by atoms with Crippen molar-refractivity contribution in [3.8, 4) is 5.88 Å². The molecule has 1 rings (SSSR count). The molecular weight excluding hydrogens is 211 g/mol. The highest BCUT2D eigenvalue weighted by molar-refractivity contribution is 5.26. The molecule has 1 heterocycles. The van der Waals surface area contributed by atoms with Gasteiger partial charge in [0.25, 0.3) is 0 Å². The summed E-state index contributed by atoms with van der Waals surface area (Å²) in [6, 6.07) is 1.33. The van der Waals surface area contributed by atoms with Crippen LogP contribution in [0.4, 0.5) is 4.39 Å². The van der Waals surface area contributed by atoms with Crippen LogP contribution in [0, 0.1) is 5.82 Å². The summed E-state index contributed by atoms with van der Waals surface area (Å²) in [4.78, 5) is 3.86. The Morgan fingerprint density at radius 1 is 1.56 bits per heavy atom. The quantitative estimate of drug-likeness (QED) is 0.801. The zero-order valence-electron chi connectivity index (χ0n) is 9.57. The van der Waals surface area contributed by atoms with Crippen molar-refractivity contribution in [1.29, 1.82) is 0 Å². The van der Waals surface area contributed by atoms with Crippen LogP contribution >= 0.6 is 0 Å². The Balaban J connectivity index is 2.65. The molecule has 1 aromatic heterocycles. The second-order valence-electron chi connectivity index (χ2n) is 3.41. The highest BCUT2D eigenvalue weighted by Gasteiger charge is 2.10. The van der Waals surface area contributed by atoms with Crippen LogP contribution in [0.2, 0.25) is 0 Å². The fourth-order valence-electron chi connectivity index (χ4n) is 1.23. The molecule has 5 heteroatoms. The van der Waals surface area contributed by atoms with Gasteiger partial charge < -0.3 is 15.2 Å². The molecule has 16 heavy (non-hydrogen) atoms. The summed E-state index contributed by atoms with van der Waals surface area (Å²) in [7, 11) is 0. The van der Waals surface area contributed by atoms with Crippen LogP contribution in [0.3, 0.4) is 0 Å². The van der Waals surface area contributed by atoms with Crippen molar-refractivity contribution < 1.29 is 13.9 Å². The first-order valence-electron chi connectivity index (χ1n) is 5.26. The SMILES string of the molecule is CCOCC(C)Oc1ncc(F)cc1CN. The van der Waals surface area contributed by atoms with E-state index in [1.165, 1.54) is 6.07 Å². The van der Waals surface area contributed by atoms with E-state index in [2.05, 4.69) is 4.98 Å². The van der Waals surface area contributed by atoms with E-state index in [9.17, 15) is 4.39 Å². The van der Waals surface area contributed by atoms with E-state index < -0.39 is 5.82 Å². The minimum atomic E-state index is -0.412. The van der Waals surface area contributed by atoms with Crippen molar-refractivity contribution in [2.45, 2.75) is 26.5 Å². The molecule has 0 saturated heterocycles. The second-order valence-corrected chi connectivity index (χ2v) is 3.41.